The Balaban J connectivity index is 1.35. The van der Waals surface area contributed by atoms with Crippen LogP contribution in [-0.4, -0.2) is 65.1 Å². The summed E-state index contributed by atoms with van der Waals surface area (Å²) in [6, 6.07) is 7.27. The molecule has 0 bridgehead atoms. The van der Waals surface area contributed by atoms with Crippen molar-refractivity contribution in [3.8, 4) is 0 Å². The van der Waals surface area contributed by atoms with Gasteiger partial charge in [-0.3, -0.25) is 9.59 Å². The highest BCUT2D eigenvalue weighted by Crippen LogP contribution is 2.42. The number of piperidine rings is 1. The highest BCUT2D eigenvalue weighted by molar-refractivity contribution is 8.04. The number of fused-ring (bicyclic) bond motifs is 1. The molecule has 4 rings (SSSR count). The van der Waals surface area contributed by atoms with Gasteiger partial charge in [0, 0.05) is 36.0 Å². The van der Waals surface area contributed by atoms with E-state index in [2.05, 4.69) is 17.1 Å². The van der Waals surface area contributed by atoms with Crippen LogP contribution in [0.25, 0.3) is 6.08 Å². The van der Waals surface area contributed by atoms with Gasteiger partial charge in [0.05, 0.1) is 4.91 Å². The van der Waals surface area contributed by atoms with Crippen LogP contribution in [0.1, 0.15) is 70.3 Å². The summed E-state index contributed by atoms with van der Waals surface area (Å²) >= 11 is 1.56. The highest BCUT2D eigenvalue weighted by Gasteiger charge is 2.41. The van der Waals surface area contributed by atoms with E-state index in [1.54, 1.807) is 40.9 Å². The third kappa shape index (κ3) is 6.22. The number of halogens is 1. The van der Waals surface area contributed by atoms with E-state index < -0.39 is 0 Å². The number of hydrogen-bond acceptors (Lipinski definition) is 4. The minimum atomic E-state index is -0.336. The van der Waals surface area contributed by atoms with Gasteiger partial charge in [0.2, 0.25) is 5.91 Å². The van der Waals surface area contributed by atoms with Gasteiger partial charge >= 0.3 is 0 Å². The van der Waals surface area contributed by atoms with Gasteiger partial charge in [-0.15, -0.1) is 11.8 Å². The lowest BCUT2D eigenvalue weighted by atomic mass is 9.93. The molecule has 0 aromatic heterocycles. The van der Waals surface area contributed by atoms with Gasteiger partial charge < -0.3 is 15.1 Å². The SMILES string of the molecule is CCC1CCCCN1CCCNC(=O)CN1C(=O)/C(=C/c2ccccc2F)SC2CCCCC21. The number of hydrogen-bond donors (Lipinski definition) is 1. The lowest BCUT2D eigenvalue weighted by Gasteiger charge is -2.43. The van der Waals surface area contributed by atoms with E-state index in [9.17, 15) is 14.0 Å². The topological polar surface area (TPSA) is 52.7 Å². The first kappa shape index (κ1) is 25.2. The minimum absolute atomic E-state index is 0.0773. The quantitative estimate of drug-likeness (QED) is 0.422. The number of nitrogens with zero attached hydrogens (tertiary/aromatic N) is 2. The van der Waals surface area contributed by atoms with Gasteiger partial charge in [0.25, 0.3) is 5.91 Å². The van der Waals surface area contributed by atoms with Crippen LogP contribution in [0.4, 0.5) is 4.39 Å². The van der Waals surface area contributed by atoms with Crippen molar-refractivity contribution in [2.75, 3.05) is 26.2 Å². The molecule has 2 amide bonds. The van der Waals surface area contributed by atoms with Crippen LogP contribution in [0.5, 0.6) is 0 Å². The van der Waals surface area contributed by atoms with E-state index in [1.807, 2.05) is 0 Å². The van der Waals surface area contributed by atoms with Crippen molar-refractivity contribution in [3.05, 3.63) is 40.6 Å². The van der Waals surface area contributed by atoms with Crippen molar-refractivity contribution in [1.29, 1.82) is 0 Å². The molecule has 2 aliphatic heterocycles. The molecule has 3 aliphatic rings. The summed E-state index contributed by atoms with van der Waals surface area (Å²) in [7, 11) is 0. The smallest absolute Gasteiger partial charge is 0.261 e. The second kappa shape index (κ2) is 12.2. The van der Waals surface area contributed by atoms with E-state index in [0.29, 0.717) is 23.1 Å². The van der Waals surface area contributed by atoms with Crippen LogP contribution in [0.3, 0.4) is 0 Å². The Labute approximate surface area is 207 Å². The largest absolute Gasteiger partial charge is 0.355 e. The summed E-state index contributed by atoms with van der Waals surface area (Å²) in [5, 5.41) is 3.31. The molecule has 5 nitrogen and oxygen atoms in total. The molecule has 1 aromatic carbocycles. The second-order valence-electron chi connectivity index (χ2n) is 9.77. The molecule has 186 valence electrons. The van der Waals surface area contributed by atoms with Crippen molar-refractivity contribution in [2.24, 2.45) is 0 Å². The molecule has 0 radical (unpaired) electrons. The summed E-state index contributed by atoms with van der Waals surface area (Å²) in [5.74, 6) is -0.580. The maximum absolute atomic E-state index is 14.2. The fourth-order valence-corrected chi connectivity index (χ4v) is 7.10. The normalized spacial score (nSPS) is 27.0. The first-order chi connectivity index (χ1) is 16.6. The van der Waals surface area contributed by atoms with Crippen LogP contribution in [-0.2, 0) is 9.59 Å². The van der Waals surface area contributed by atoms with Crippen molar-refractivity contribution in [2.45, 2.75) is 82.0 Å². The summed E-state index contributed by atoms with van der Waals surface area (Å²) in [5.41, 5.74) is 0.417. The minimum Gasteiger partial charge on any atom is -0.355 e. The number of carbonyl (C=O) groups is 2. The Hall–Kier alpha value is -1.86. The van der Waals surface area contributed by atoms with Crippen LogP contribution in [0, 0.1) is 5.82 Å². The van der Waals surface area contributed by atoms with Crippen LogP contribution in [0.15, 0.2) is 29.2 Å². The number of likely N-dealkylation sites (tertiary alicyclic amines) is 1. The van der Waals surface area contributed by atoms with Gasteiger partial charge in [-0.25, -0.2) is 4.39 Å². The Kier molecular flexibility index (Phi) is 9.06. The van der Waals surface area contributed by atoms with E-state index in [1.165, 1.54) is 31.7 Å². The zero-order valence-corrected chi connectivity index (χ0v) is 21.1. The van der Waals surface area contributed by atoms with Gasteiger partial charge in [-0.2, -0.15) is 0 Å². The fraction of sp³-hybridized carbons (Fsp3) is 0.630. The van der Waals surface area contributed by atoms with E-state index in [4.69, 9.17) is 0 Å². The second-order valence-corrected chi connectivity index (χ2v) is 11.0. The van der Waals surface area contributed by atoms with Crippen molar-refractivity contribution in [1.82, 2.24) is 15.1 Å². The number of amides is 2. The summed E-state index contributed by atoms with van der Waals surface area (Å²) in [6.07, 6.45) is 11.8. The molecule has 1 saturated carbocycles. The molecule has 3 atom stereocenters. The average molecular weight is 488 g/mol. The predicted molar refractivity (Wildman–Crippen MR) is 137 cm³/mol. The molecule has 3 unspecified atom stereocenters. The number of nitrogens with one attached hydrogen (secondary N) is 1. The maximum atomic E-state index is 14.2. The first-order valence-corrected chi connectivity index (χ1v) is 13.9. The van der Waals surface area contributed by atoms with Crippen molar-refractivity contribution >= 4 is 29.7 Å². The number of thioether (sulfide) groups is 1. The van der Waals surface area contributed by atoms with Crippen molar-refractivity contribution in [3.63, 3.8) is 0 Å². The van der Waals surface area contributed by atoms with E-state index in [-0.39, 0.29) is 35.5 Å². The zero-order valence-electron chi connectivity index (χ0n) is 20.3. The monoisotopic (exact) mass is 487 g/mol. The van der Waals surface area contributed by atoms with Gasteiger partial charge in [-0.05, 0) is 57.2 Å². The number of rotatable bonds is 8. The average Bonchev–Trinajstić information content (AvgIpc) is 2.86. The van der Waals surface area contributed by atoms with Gasteiger partial charge in [-0.1, -0.05) is 44.4 Å². The number of benzene rings is 1. The van der Waals surface area contributed by atoms with E-state index in [0.717, 1.165) is 45.2 Å². The molecular formula is C27H38FN3O2S. The molecule has 2 heterocycles. The third-order valence-electron chi connectivity index (χ3n) is 7.49. The number of carbonyl (C=O) groups excluding carboxylic acids is 2. The maximum Gasteiger partial charge on any atom is 0.261 e. The summed E-state index contributed by atoms with van der Waals surface area (Å²) < 4.78 is 14.2. The molecule has 34 heavy (non-hydrogen) atoms. The third-order valence-corrected chi connectivity index (χ3v) is 8.89. The van der Waals surface area contributed by atoms with Gasteiger partial charge in [0.1, 0.15) is 12.4 Å². The molecule has 1 N–H and O–H groups in total. The first-order valence-electron chi connectivity index (χ1n) is 13.0. The molecule has 3 fully saturated rings. The van der Waals surface area contributed by atoms with Gasteiger partial charge in [0.15, 0.2) is 0 Å². The molecule has 7 heteroatoms. The molecule has 2 saturated heterocycles. The fourth-order valence-electron chi connectivity index (χ4n) is 5.63. The summed E-state index contributed by atoms with van der Waals surface area (Å²) in [4.78, 5) is 31.0. The van der Waals surface area contributed by atoms with Crippen molar-refractivity contribution < 1.29 is 14.0 Å². The Morgan fingerprint density at radius 2 is 1.97 bits per heavy atom. The van der Waals surface area contributed by atoms with E-state index >= 15 is 0 Å². The lowest BCUT2D eigenvalue weighted by molar-refractivity contribution is -0.135. The standard InChI is InChI=1S/C27H38FN3O2S/c1-2-21-11-7-8-16-30(21)17-9-15-29-26(32)19-31-23-13-5-6-14-24(23)34-25(27(31)33)18-20-10-3-4-12-22(20)28/h3-4,10,12,18,21,23-24H,2,5-9,11,13-17,19H2,1H3,(H,29,32)/b25-18-. The van der Waals surface area contributed by atoms with Crippen LogP contribution >= 0.6 is 11.8 Å². The summed E-state index contributed by atoms with van der Waals surface area (Å²) in [6.45, 7) is 5.14. The molecule has 1 aromatic rings. The van der Waals surface area contributed by atoms with Crippen LogP contribution < -0.4 is 5.32 Å². The Morgan fingerprint density at radius 1 is 1.18 bits per heavy atom. The zero-order chi connectivity index (χ0) is 23.9. The molecule has 0 spiro atoms. The highest BCUT2D eigenvalue weighted by atomic mass is 32.2. The molecular weight excluding hydrogens is 449 g/mol. The Bertz CT molecular complexity index is 892. The molecule has 1 aliphatic carbocycles. The predicted octanol–water partition coefficient (Wildman–Crippen LogP) is 4.82. The van der Waals surface area contributed by atoms with Crippen LogP contribution in [0.2, 0.25) is 0 Å². The lowest BCUT2D eigenvalue weighted by Crippen LogP contribution is -2.54. The Morgan fingerprint density at radius 3 is 2.79 bits per heavy atom.